The first-order valence-corrected chi connectivity index (χ1v) is 3.50. The van der Waals surface area contributed by atoms with Crippen LogP contribution in [0.5, 0.6) is 0 Å². The molecule has 0 saturated carbocycles. The van der Waals surface area contributed by atoms with Gasteiger partial charge in [-0.25, -0.2) is 4.79 Å². The Bertz CT molecular complexity index is 282. The molecule has 0 aromatic carbocycles. The van der Waals surface area contributed by atoms with Gasteiger partial charge in [0.2, 0.25) is 0 Å². The number of aliphatic hydroxyl groups is 1. The van der Waals surface area contributed by atoms with Gasteiger partial charge in [0.1, 0.15) is 0 Å². The van der Waals surface area contributed by atoms with Gasteiger partial charge in [-0.15, -0.1) is 0 Å². The summed E-state index contributed by atoms with van der Waals surface area (Å²) in [6, 6.07) is 0.713. The topological polar surface area (TPSA) is 75.4 Å². The van der Waals surface area contributed by atoms with Gasteiger partial charge in [-0.3, -0.25) is 4.68 Å². The Morgan fingerprint density at radius 1 is 1.83 bits per heavy atom. The first kappa shape index (κ1) is 8.73. The van der Waals surface area contributed by atoms with Crippen LogP contribution in [0, 0.1) is 6.92 Å². The second-order valence-electron chi connectivity index (χ2n) is 2.47. The van der Waals surface area contributed by atoms with Gasteiger partial charge in [-0.1, -0.05) is 0 Å². The molecule has 0 radical (unpaired) electrons. The summed E-state index contributed by atoms with van der Waals surface area (Å²) < 4.78 is 1.23. The molecule has 5 nitrogen and oxygen atoms in total. The minimum Gasteiger partial charge on any atom is -0.480 e. The Morgan fingerprint density at radius 2 is 2.50 bits per heavy atom. The number of hydrogen-bond acceptors (Lipinski definition) is 3. The average Bonchev–Trinajstić information content (AvgIpc) is 2.37. The fourth-order valence-electron chi connectivity index (χ4n) is 0.882. The maximum Gasteiger partial charge on any atom is 0.330 e. The molecule has 0 aliphatic rings. The molecule has 0 saturated heterocycles. The third-order valence-corrected chi connectivity index (χ3v) is 1.52. The smallest absolute Gasteiger partial charge is 0.330 e. The van der Waals surface area contributed by atoms with Crippen LogP contribution in [-0.2, 0) is 4.79 Å². The monoisotopic (exact) mass is 170 g/mol. The van der Waals surface area contributed by atoms with Crippen LogP contribution < -0.4 is 0 Å². The highest BCUT2D eigenvalue weighted by atomic mass is 16.4. The van der Waals surface area contributed by atoms with Gasteiger partial charge in [0.25, 0.3) is 0 Å². The summed E-state index contributed by atoms with van der Waals surface area (Å²) in [6.45, 7) is 1.31. The number of aliphatic hydroxyl groups excluding tert-OH is 1. The van der Waals surface area contributed by atoms with Gasteiger partial charge in [0.05, 0.1) is 12.3 Å². The highest BCUT2D eigenvalue weighted by Crippen LogP contribution is 2.04. The number of nitrogens with zero attached hydrogens (tertiary/aromatic N) is 2. The molecular formula is C7H10N2O3. The molecule has 0 fully saturated rings. The summed E-state index contributed by atoms with van der Waals surface area (Å²) in [5.74, 6) is -1.08. The standard InChI is InChI=1S/C7H10N2O3/c1-5-2-3-9(8-5)6(4-10)7(11)12/h2-3,6,10H,4H2,1H3,(H,11,12). The Labute approximate surface area is 69.2 Å². The summed E-state index contributed by atoms with van der Waals surface area (Å²) in [5.41, 5.74) is 0.731. The van der Waals surface area contributed by atoms with Crippen LogP contribution in [0.25, 0.3) is 0 Å². The highest BCUT2D eigenvalue weighted by Gasteiger charge is 2.18. The molecule has 0 aliphatic carbocycles. The SMILES string of the molecule is Cc1ccn(C(CO)C(=O)O)n1. The van der Waals surface area contributed by atoms with Crippen molar-refractivity contribution >= 4 is 5.97 Å². The van der Waals surface area contributed by atoms with E-state index in [-0.39, 0.29) is 0 Å². The fraction of sp³-hybridized carbons (Fsp3) is 0.429. The first-order chi connectivity index (χ1) is 5.65. The van der Waals surface area contributed by atoms with Crippen LogP contribution >= 0.6 is 0 Å². The molecule has 1 heterocycles. The lowest BCUT2D eigenvalue weighted by atomic mass is 10.3. The second kappa shape index (κ2) is 3.36. The van der Waals surface area contributed by atoms with Crippen molar-refractivity contribution < 1.29 is 15.0 Å². The van der Waals surface area contributed by atoms with Crippen molar-refractivity contribution in [1.29, 1.82) is 0 Å². The molecule has 66 valence electrons. The van der Waals surface area contributed by atoms with Crippen molar-refractivity contribution in [3.8, 4) is 0 Å². The van der Waals surface area contributed by atoms with Crippen LogP contribution in [0.3, 0.4) is 0 Å². The van der Waals surface area contributed by atoms with Crippen LogP contribution in [0.15, 0.2) is 12.3 Å². The highest BCUT2D eigenvalue weighted by molar-refractivity contribution is 5.71. The maximum atomic E-state index is 10.5. The zero-order valence-corrected chi connectivity index (χ0v) is 6.64. The Morgan fingerprint density at radius 3 is 2.83 bits per heavy atom. The summed E-state index contributed by atoms with van der Waals surface area (Å²) in [4.78, 5) is 10.5. The molecule has 2 N–H and O–H groups in total. The zero-order valence-electron chi connectivity index (χ0n) is 6.64. The van der Waals surface area contributed by atoms with E-state index in [1.165, 1.54) is 10.9 Å². The van der Waals surface area contributed by atoms with Crippen molar-refractivity contribution in [2.24, 2.45) is 0 Å². The van der Waals surface area contributed by atoms with E-state index >= 15 is 0 Å². The third-order valence-electron chi connectivity index (χ3n) is 1.52. The lowest BCUT2D eigenvalue weighted by Gasteiger charge is -2.08. The quantitative estimate of drug-likeness (QED) is 0.659. The van der Waals surface area contributed by atoms with E-state index in [2.05, 4.69) is 5.10 Å². The Kier molecular flexibility index (Phi) is 2.44. The molecule has 1 aromatic rings. The Hall–Kier alpha value is -1.36. The molecular weight excluding hydrogens is 160 g/mol. The van der Waals surface area contributed by atoms with Crippen molar-refractivity contribution in [1.82, 2.24) is 9.78 Å². The lowest BCUT2D eigenvalue weighted by molar-refractivity contribution is -0.142. The van der Waals surface area contributed by atoms with Gasteiger partial charge in [-0.2, -0.15) is 5.10 Å². The van der Waals surface area contributed by atoms with E-state index in [1.807, 2.05) is 0 Å². The molecule has 5 heteroatoms. The molecule has 1 rings (SSSR count). The number of aliphatic carboxylic acids is 1. The minimum atomic E-state index is -1.08. The predicted molar refractivity (Wildman–Crippen MR) is 40.7 cm³/mol. The number of carbonyl (C=O) groups is 1. The summed E-state index contributed by atoms with van der Waals surface area (Å²) in [6.07, 6.45) is 1.53. The normalized spacial score (nSPS) is 12.8. The predicted octanol–water partition coefficient (Wildman–Crippen LogP) is -0.190. The van der Waals surface area contributed by atoms with Crippen LogP contribution in [0.4, 0.5) is 0 Å². The van der Waals surface area contributed by atoms with Gasteiger partial charge < -0.3 is 10.2 Å². The third kappa shape index (κ3) is 1.62. The molecule has 12 heavy (non-hydrogen) atoms. The van der Waals surface area contributed by atoms with Crippen molar-refractivity contribution in [2.75, 3.05) is 6.61 Å². The number of rotatable bonds is 3. The van der Waals surface area contributed by atoms with E-state index in [4.69, 9.17) is 10.2 Å². The van der Waals surface area contributed by atoms with E-state index in [0.29, 0.717) is 0 Å². The van der Waals surface area contributed by atoms with E-state index in [9.17, 15) is 4.79 Å². The van der Waals surface area contributed by atoms with Gasteiger partial charge >= 0.3 is 5.97 Å². The van der Waals surface area contributed by atoms with Gasteiger partial charge in [-0.05, 0) is 13.0 Å². The first-order valence-electron chi connectivity index (χ1n) is 3.50. The van der Waals surface area contributed by atoms with Crippen molar-refractivity contribution in [3.05, 3.63) is 18.0 Å². The lowest BCUT2D eigenvalue weighted by Crippen LogP contribution is -2.22. The van der Waals surface area contributed by atoms with Crippen molar-refractivity contribution in [3.63, 3.8) is 0 Å². The molecule has 1 atom stereocenters. The fourth-order valence-corrected chi connectivity index (χ4v) is 0.882. The number of carboxylic acid groups (broad SMARTS) is 1. The number of aryl methyl sites for hydroxylation is 1. The molecule has 1 aromatic heterocycles. The molecule has 1 unspecified atom stereocenters. The van der Waals surface area contributed by atoms with Crippen molar-refractivity contribution in [2.45, 2.75) is 13.0 Å². The number of carboxylic acids is 1. The van der Waals surface area contributed by atoms with Crippen LogP contribution in [-0.4, -0.2) is 32.6 Å². The average molecular weight is 170 g/mol. The van der Waals surface area contributed by atoms with Gasteiger partial charge in [0.15, 0.2) is 6.04 Å². The maximum absolute atomic E-state index is 10.5. The van der Waals surface area contributed by atoms with E-state index in [0.717, 1.165) is 5.69 Å². The van der Waals surface area contributed by atoms with E-state index < -0.39 is 18.6 Å². The molecule has 0 bridgehead atoms. The largest absolute Gasteiger partial charge is 0.480 e. The number of aromatic nitrogens is 2. The van der Waals surface area contributed by atoms with Crippen LogP contribution in [0.1, 0.15) is 11.7 Å². The zero-order chi connectivity index (χ0) is 9.14. The van der Waals surface area contributed by atoms with Gasteiger partial charge in [0, 0.05) is 6.20 Å². The molecule has 0 aliphatic heterocycles. The second-order valence-corrected chi connectivity index (χ2v) is 2.47. The molecule has 0 spiro atoms. The summed E-state index contributed by atoms with van der Waals surface area (Å²) >= 11 is 0. The minimum absolute atomic E-state index is 0.448. The van der Waals surface area contributed by atoms with Crippen LogP contribution in [0.2, 0.25) is 0 Å². The molecule has 0 amide bonds. The Balaban J connectivity index is 2.87. The summed E-state index contributed by atoms with van der Waals surface area (Å²) in [5, 5.41) is 21.2. The summed E-state index contributed by atoms with van der Waals surface area (Å²) in [7, 11) is 0. The van der Waals surface area contributed by atoms with E-state index in [1.54, 1.807) is 13.0 Å². The number of hydrogen-bond donors (Lipinski definition) is 2.